The number of amides is 1. The first kappa shape index (κ1) is 17.7. The average Bonchev–Trinajstić information content (AvgIpc) is 2.76. The molecule has 1 saturated carbocycles. The normalized spacial score (nSPS) is 20.6. The van der Waals surface area contributed by atoms with E-state index in [1.165, 1.54) is 0 Å². The summed E-state index contributed by atoms with van der Waals surface area (Å²) in [4.78, 5) is 18.9. The van der Waals surface area contributed by atoms with Gasteiger partial charge in [0.05, 0.1) is 10.2 Å². The summed E-state index contributed by atoms with van der Waals surface area (Å²) >= 11 is 3.29. The highest BCUT2D eigenvalue weighted by Gasteiger charge is 2.41. The summed E-state index contributed by atoms with van der Waals surface area (Å²) in [6, 6.07) is 4.00. The van der Waals surface area contributed by atoms with Gasteiger partial charge in [-0.05, 0) is 73.3 Å². The molecule has 2 aliphatic heterocycles. The molecule has 2 aromatic rings. The minimum atomic E-state index is -0.517. The van der Waals surface area contributed by atoms with Gasteiger partial charge in [0.1, 0.15) is 11.6 Å². The van der Waals surface area contributed by atoms with E-state index in [9.17, 15) is 9.18 Å². The topological polar surface area (TPSA) is 64.2 Å². The fraction of sp³-hybridized carbons (Fsp3) is 0.474. The Labute approximate surface area is 160 Å². The molecule has 0 unspecified atom stereocenters. The number of carbonyl (C=O) groups excluding carboxylic acids is 1. The standard InChI is InChI=1S/C19H22BrFN4O/c1-9(2)24(3)8-16-17(18(22)26)23-19-13-6-14(20)15(21)7-12(13)10-4-11(5-10)25(16)19/h6-7,9-11H,4-5,8H2,1-3H3,(H2,22,26). The lowest BCUT2D eigenvalue weighted by Gasteiger charge is -2.36. The summed E-state index contributed by atoms with van der Waals surface area (Å²) < 4.78 is 16.7. The average molecular weight is 421 g/mol. The summed E-state index contributed by atoms with van der Waals surface area (Å²) in [5, 5.41) is 0. The van der Waals surface area contributed by atoms with Crippen molar-refractivity contribution in [1.82, 2.24) is 14.5 Å². The first-order chi connectivity index (χ1) is 12.3. The van der Waals surface area contributed by atoms with Crippen LogP contribution in [0, 0.1) is 5.82 Å². The predicted octanol–water partition coefficient (Wildman–Crippen LogP) is 3.82. The van der Waals surface area contributed by atoms with Crippen molar-refractivity contribution in [1.29, 1.82) is 0 Å². The fourth-order valence-electron chi connectivity index (χ4n) is 3.96. The minimum Gasteiger partial charge on any atom is -0.364 e. The van der Waals surface area contributed by atoms with Gasteiger partial charge in [0.2, 0.25) is 0 Å². The van der Waals surface area contributed by atoms with E-state index in [4.69, 9.17) is 5.73 Å². The van der Waals surface area contributed by atoms with Crippen molar-refractivity contribution in [3.8, 4) is 11.4 Å². The summed E-state index contributed by atoms with van der Waals surface area (Å²) in [5.74, 6) is 0.289. The van der Waals surface area contributed by atoms with Crippen LogP contribution in [0.1, 0.15) is 60.4 Å². The lowest BCUT2D eigenvalue weighted by Crippen LogP contribution is -2.31. The number of aromatic nitrogens is 2. The molecule has 1 fully saturated rings. The first-order valence-corrected chi connectivity index (χ1v) is 9.67. The van der Waals surface area contributed by atoms with Crippen LogP contribution in [0.15, 0.2) is 16.6 Å². The number of benzene rings is 1. The Hall–Kier alpha value is -1.73. The van der Waals surface area contributed by atoms with Gasteiger partial charge in [0.15, 0.2) is 5.69 Å². The van der Waals surface area contributed by atoms with Crippen molar-refractivity contribution in [2.45, 2.75) is 51.2 Å². The van der Waals surface area contributed by atoms with E-state index < -0.39 is 5.91 Å². The monoisotopic (exact) mass is 420 g/mol. The van der Waals surface area contributed by atoms with Crippen molar-refractivity contribution in [2.24, 2.45) is 5.73 Å². The fourth-order valence-corrected chi connectivity index (χ4v) is 4.31. The maximum atomic E-state index is 14.1. The second-order valence-electron chi connectivity index (χ2n) is 7.65. The number of carbonyl (C=O) groups is 1. The Kier molecular flexibility index (Phi) is 4.19. The third kappa shape index (κ3) is 2.60. The molecule has 1 aromatic heterocycles. The van der Waals surface area contributed by atoms with E-state index >= 15 is 0 Å². The van der Waals surface area contributed by atoms with Crippen LogP contribution in [0.5, 0.6) is 0 Å². The van der Waals surface area contributed by atoms with Gasteiger partial charge in [-0.1, -0.05) is 0 Å². The zero-order chi connectivity index (χ0) is 18.7. The number of halogens is 2. The van der Waals surface area contributed by atoms with E-state index in [0.29, 0.717) is 28.7 Å². The number of rotatable bonds is 4. The third-order valence-corrected chi connectivity index (χ3v) is 6.38. The number of hydrogen-bond acceptors (Lipinski definition) is 3. The summed E-state index contributed by atoms with van der Waals surface area (Å²) in [7, 11) is 2.02. The molecule has 3 heterocycles. The largest absolute Gasteiger partial charge is 0.364 e. The van der Waals surface area contributed by atoms with E-state index in [-0.39, 0.29) is 11.9 Å². The van der Waals surface area contributed by atoms with E-state index in [1.807, 2.05) is 7.05 Å². The Morgan fingerprint density at radius 1 is 1.46 bits per heavy atom. The SMILES string of the molecule is CC(C)N(C)Cc1c(C(N)=O)nc2n1C1CC(C1)c1cc(F)c(Br)cc1-2. The van der Waals surface area contributed by atoms with Crippen molar-refractivity contribution >= 4 is 21.8 Å². The van der Waals surface area contributed by atoms with Gasteiger partial charge in [-0.3, -0.25) is 9.69 Å². The molecule has 1 aliphatic carbocycles. The predicted molar refractivity (Wildman–Crippen MR) is 101 cm³/mol. The smallest absolute Gasteiger partial charge is 0.269 e. The molecule has 0 saturated heterocycles. The van der Waals surface area contributed by atoms with Crippen molar-refractivity contribution in [3.05, 3.63) is 39.4 Å². The van der Waals surface area contributed by atoms with Gasteiger partial charge in [0.25, 0.3) is 5.91 Å². The number of nitrogens with zero attached hydrogens (tertiary/aromatic N) is 3. The molecule has 0 spiro atoms. The molecular formula is C19H22BrFN4O. The molecule has 2 N–H and O–H groups in total. The Morgan fingerprint density at radius 3 is 2.77 bits per heavy atom. The highest BCUT2D eigenvalue weighted by Crippen LogP contribution is 2.53. The lowest BCUT2D eigenvalue weighted by molar-refractivity contribution is 0.0993. The van der Waals surface area contributed by atoms with Gasteiger partial charge in [0, 0.05) is 24.2 Å². The number of nitrogens with two attached hydrogens (primary N) is 1. The lowest BCUT2D eigenvalue weighted by atomic mass is 9.75. The molecule has 2 bridgehead atoms. The Balaban J connectivity index is 1.94. The first-order valence-electron chi connectivity index (χ1n) is 8.88. The zero-order valence-corrected chi connectivity index (χ0v) is 16.7. The highest BCUT2D eigenvalue weighted by molar-refractivity contribution is 9.10. The van der Waals surface area contributed by atoms with Crippen LogP contribution in [-0.4, -0.2) is 33.4 Å². The number of hydrogen-bond donors (Lipinski definition) is 1. The Morgan fingerprint density at radius 2 is 2.15 bits per heavy atom. The van der Waals surface area contributed by atoms with E-state index in [1.54, 1.807) is 12.1 Å². The van der Waals surface area contributed by atoms with Crippen LogP contribution in [-0.2, 0) is 6.54 Å². The van der Waals surface area contributed by atoms with Gasteiger partial charge in [-0.25, -0.2) is 9.37 Å². The second-order valence-corrected chi connectivity index (χ2v) is 8.50. The van der Waals surface area contributed by atoms with Gasteiger partial charge in [-0.2, -0.15) is 0 Å². The van der Waals surface area contributed by atoms with Crippen molar-refractivity contribution in [2.75, 3.05) is 7.05 Å². The molecule has 1 amide bonds. The van der Waals surface area contributed by atoms with E-state index in [2.05, 4.69) is 44.2 Å². The summed E-state index contributed by atoms with van der Waals surface area (Å²) in [5.41, 5.74) is 8.70. The maximum absolute atomic E-state index is 14.1. The highest BCUT2D eigenvalue weighted by atomic mass is 79.9. The van der Waals surface area contributed by atoms with Crippen LogP contribution >= 0.6 is 15.9 Å². The van der Waals surface area contributed by atoms with E-state index in [0.717, 1.165) is 35.5 Å². The quantitative estimate of drug-likeness (QED) is 0.817. The molecule has 138 valence electrons. The van der Waals surface area contributed by atoms with Crippen LogP contribution < -0.4 is 5.73 Å². The second kappa shape index (κ2) is 6.16. The van der Waals surface area contributed by atoms with Crippen LogP contribution in [0.4, 0.5) is 4.39 Å². The number of imidazole rings is 1. The van der Waals surface area contributed by atoms with Crippen LogP contribution in [0.2, 0.25) is 0 Å². The van der Waals surface area contributed by atoms with Gasteiger partial charge in [-0.15, -0.1) is 0 Å². The molecule has 7 heteroatoms. The molecule has 5 rings (SSSR count). The minimum absolute atomic E-state index is 0.262. The Bertz CT molecular complexity index is 901. The molecular weight excluding hydrogens is 399 g/mol. The van der Waals surface area contributed by atoms with Crippen molar-refractivity contribution in [3.63, 3.8) is 0 Å². The maximum Gasteiger partial charge on any atom is 0.269 e. The summed E-state index contributed by atoms with van der Waals surface area (Å²) in [6.45, 7) is 4.82. The molecule has 5 nitrogen and oxygen atoms in total. The molecule has 0 radical (unpaired) electrons. The van der Waals surface area contributed by atoms with Crippen molar-refractivity contribution < 1.29 is 9.18 Å². The number of primary amides is 1. The molecule has 3 aliphatic rings. The van der Waals surface area contributed by atoms with Crippen LogP contribution in [0.25, 0.3) is 11.4 Å². The van der Waals surface area contributed by atoms with Crippen LogP contribution in [0.3, 0.4) is 0 Å². The molecule has 26 heavy (non-hydrogen) atoms. The molecule has 0 atom stereocenters. The third-order valence-electron chi connectivity index (χ3n) is 5.78. The zero-order valence-electron chi connectivity index (χ0n) is 15.1. The summed E-state index contributed by atoms with van der Waals surface area (Å²) in [6.07, 6.45) is 1.88. The van der Waals surface area contributed by atoms with Gasteiger partial charge >= 0.3 is 0 Å². The van der Waals surface area contributed by atoms with Gasteiger partial charge < -0.3 is 10.3 Å². The molecule has 1 aromatic carbocycles.